The second-order valence-electron chi connectivity index (χ2n) is 4.50. The summed E-state index contributed by atoms with van der Waals surface area (Å²) in [6.45, 7) is 4.23. The van der Waals surface area contributed by atoms with E-state index in [0.29, 0.717) is 12.3 Å². The van der Waals surface area contributed by atoms with Gasteiger partial charge in [-0.3, -0.25) is 4.79 Å². The molecule has 3 heteroatoms. The van der Waals surface area contributed by atoms with Crippen molar-refractivity contribution in [2.75, 3.05) is 5.32 Å². The Bertz CT molecular complexity index is 474. The molecular weight excluding hydrogens is 226 g/mol. The molecule has 1 amide bonds. The SMILES string of the molecule is CC1=CC(C)C(Oc2ccc(NC=O)cc2)C=C1. The molecule has 94 valence electrons. The third kappa shape index (κ3) is 3.00. The molecule has 18 heavy (non-hydrogen) atoms. The number of anilines is 1. The molecule has 1 aromatic carbocycles. The summed E-state index contributed by atoms with van der Waals surface area (Å²) in [5.41, 5.74) is 2.04. The maximum Gasteiger partial charge on any atom is 0.211 e. The van der Waals surface area contributed by atoms with Gasteiger partial charge in [0.2, 0.25) is 6.41 Å². The Morgan fingerprint density at radius 3 is 2.61 bits per heavy atom. The number of hydrogen-bond donors (Lipinski definition) is 1. The molecule has 0 heterocycles. The Balaban J connectivity index is 2.01. The standard InChI is InChI=1S/C15H17NO2/c1-11-3-8-15(12(2)9-11)18-14-6-4-13(5-7-14)16-10-17/h3-10,12,15H,1-2H3,(H,16,17). The Kier molecular flexibility index (Phi) is 3.82. The Morgan fingerprint density at radius 2 is 2.00 bits per heavy atom. The van der Waals surface area contributed by atoms with Crippen LogP contribution in [0.1, 0.15) is 13.8 Å². The lowest BCUT2D eigenvalue weighted by Crippen LogP contribution is -2.23. The summed E-state index contributed by atoms with van der Waals surface area (Å²) in [5, 5.41) is 2.59. The minimum absolute atomic E-state index is 0.0681. The van der Waals surface area contributed by atoms with E-state index in [0.717, 1.165) is 11.4 Å². The van der Waals surface area contributed by atoms with Crippen molar-refractivity contribution < 1.29 is 9.53 Å². The molecule has 1 aliphatic carbocycles. The number of amides is 1. The van der Waals surface area contributed by atoms with Crippen LogP contribution in [0.4, 0.5) is 5.69 Å². The highest BCUT2D eigenvalue weighted by Gasteiger charge is 2.17. The van der Waals surface area contributed by atoms with E-state index >= 15 is 0 Å². The van der Waals surface area contributed by atoms with Gasteiger partial charge in [-0.05, 0) is 37.3 Å². The minimum Gasteiger partial charge on any atom is -0.486 e. The van der Waals surface area contributed by atoms with Crippen molar-refractivity contribution in [3.8, 4) is 5.75 Å². The van der Waals surface area contributed by atoms with E-state index in [4.69, 9.17) is 4.74 Å². The van der Waals surface area contributed by atoms with Gasteiger partial charge in [-0.25, -0.2) is 0 Å². The third-order valence-corrected chi connectivity index (χ3v) is 2.94. The molecule has 1 aliphatic rings. The zero-order valence-corrected chi connectivity index (χ0v) is 10.6. The predicted molar refractivity (Wildman–Crippen MR) is 72.6 cm³/mol. The maximum atomic E-state index is 10.3. The summed E-state index contributed by atoms with van der Waals surface area (Å²) < 4.78 is 5.90. The third-order valence-electron chi connectivity index (χ3n) is 2.94. The van der Waals surface area contributed by atoms with Crippen LogP contribution in [0.2, 0.25) is 0 Å². The lowest BCUT2D eigenvalue weighted by molar-refractivity contribution is -0.105. The summed E-state index contributed by atoms with van der Waals surface area (Å²) in [6.07, 6.45) is 7.09. The van der Waals surface area contributed by atoms with Crippen molar-refractivity contribution in [3.05, 3.63) is 48.1 Å². The maximum absolute atomic E-state index is 10.3. The van der Waals surface area contributed by atoms with E-state index in [9.17, 15) is 4.79 Å². The second kappa shape index (κ2) is 5.54. The predicted octanol–water partition coefficient (Wildman–Crippen LogP) is 3.15. The van der Waals surface area contributed by atoms with E-state index in [1.54, 1.807) is 0 Å². The highest BCUT2D eigenvalue weighted by atomic mass is 16.5. The molecule has 1 aromatic rings. The first-order valence-electron chi connectivity index (χ1n) is 6.02. The molecule has 0 aliphatic heterocycles. The van der Waals surface area contributed by atoms with E-state index in [1.807, 2.05) is 24.3 Å². The molecule has 2 atom stereocenters. The van der Waals surface area contributed by atoms with Gasteiger partial charge in [-0.15, -0.1) is 0 Å². The van der Waals surface area contributed by atoms with Crippen molar-refractivity contribution in [1.29, 1.82) is 0 Å². The summed E-state index contributed by atoms with van der Waals surface area (Å²) >= 11 is 0. The average molecular weight is 243 g/mol. The largest absolute Gasteiger partial charge is 0.486 e. The van der Waals surface area contributed by atoms with Crippen LogP contribution in [0.15, 0.2) is 48.1 Å². The number of nitrogens with one attached hydrogen (secondary N) is 1. The molecule has 0 saturated carbocycles. The number of allylic oxidation sites excluding steroid dienone is 2. The zero-order chi connectivity index (χ0) is 13.0. The first kappa shape index (κ1) is 12.4. The van der Waals surface area contributed by atoms with Gasteiger partial charge in [-0.2, -0.15) is 0 Å². The average Bonchev–Trinajstić information content (AvgIpc) is 2.35. The molecule has 0 fully saturated rings. The van der Waals surface area contributed by atoms with Gasteiger partial charge >= 0.3 is 0 Å². The molecule has 0 radical (unpaired) electrons. The van der Waals surface area contributed by atoms with E-state index in [-0.39, 0.29) is 6.10 Å². The minimum atomic E-state index is 0.0681. The number of ether oxygens (including phenoxy) is 1. The molecular formula is C15H17NO2. The number of rotatable bonds is 4. The van der Waals surface area contributed by atoms with Gasteiger partial charge in [0.15, 0.2) is 0 Å². The van der Waals surface area contributed by atoms with Gasteiger partial charge in [0.25, 0.3) is 0 Å². The highest BCUT2D eigenvalue weighted by Crippen LogP contribution is 2.23. The van der Waals surface area contributed by atoms with Crippen molar-refractivity contribution in [3.63, 3.8) is 0 Å². The smallest absolute Gasteiger partial charge is 0.211 e. The quantitative estimate of drug-likeness (QED) is 0.825. The lowest BCUT2D eigenvalue weighted by Gasteiger charge is -2.23. The molecule has 0 aromatic heterocycles. The van der Waals surface area contributed by atoms with Crippen molar-refractivity contribution in [1.82, 2.24) is 0 Å². The van der Waals surface area contributed by atoms with Crippen LogP contribution in [-0.2, 0) is 4.79 Å². The van der Waals surface area contributed by atoms with Crippen LogP contribution < -0.4 is 10.1 Å². The number of carbonyl (C=O) groups excluding carboxylic acids is 1. The fraction of sp³-hybridized carbons (Fsp3) is 0.267. The first-order chi connectivity index (χ1) is 8.69. The van der Waals surface area contributed by atoms with Crippen molar-refractivity contribution >= 4 is 12.1 Å². The second-order valence-corrected chi connectivity index (χ2v) is 4.50. The van der Waals surface area contributed by atoms with Gasteiger partial charge in [0.1, 0.15) is 11.9 Å². The number of carbonyl (C=O) groups is 1. The topological polar surface area (TPSA) is 38.3 Å². The molecule has 1 N–H and O–H groups in total. The van der Waals surface area contributed by atoms with Crippen molar-refractivity contribution in [2.24, 2.45) is 5.92 Å². The van der Waals surface area contributed by atoms with Gasteiger partial charge in [0, 0.05) is 11.6 Å². The van der Waals surface area contributed by atoms with E-state index in [2.05, 4.69) is 37.4 Å². The van der Waals surface area contributed by atoms with E-state index in [1.165, 1.54) is 5.57 Å². The van der Waals surface area contributed by atoms with Crippen LogP contribution in [0.3, 0.4) is 0 Å². The van der Waals surface area contributed by atoms with Gasteiger partial charge in [0.05, 0.1) is 0 Å². The van der Waals surface area contributed by atoms with Crippen LogP contribution in [0.5, 0.6) is 5.75 Å². The van der Waals surface area contributed by atoms with Crippen LogP contribution in [0.25, 0.3) is 0 Å². The zero-order valence-electron chi connectivity index (χ0n) is 10.6. The lowest BCUT2D eigenvalue weighted by atomic mass is 9.96. The van der Waals surface area contributed by atoms with Crippen molar-refractivity contribution in [2.45, 2.75) is 20.0 Å². The summed E-state index contributed by atoms with van der Waals surface area (Å²) in [5.74, 6) is 1.17. The highest BCUT2D eigenvalue weighted by molar-refractivity contribution is 5.71. The Labute approximate surface area is 107 Å². The fourth-order valence-electron chi connectivity index (χ4n) is 1.99. The molecule has 2 unspecified atom stereocenters. The summed E-state index contributed by atoms with van der Waals surface area (Å²) in [6, 6.07) is 7.36. The van der Waals surface area contributed by atoms with E-state index < -0.39 is 0 Å². The Hall–Kier alpha value is -2.03. The monoisotopic (exact) mass is 243 g/mol. The van der Waals surface area contributed by atoms with Crippen LogP contribution in [-0.4, -0.2) is 12.5 Å². The molecule has 0 saturated heterocycles. The van der Waals surface area contributed by atoms with Gasteiger partial charge in [-0.1, -0.05) is 24.6 Å². The normalized spacial score (nSPS) is 22.2. The summed E-state index contributed by atoms with van der Waals surface area (Å²) in [7, 11) is 0. The first-order valence-corrected chi connectivity index (χ1v) is 6.02. The Morgan fingerprint density at radius 1 is 1.28 bits per heavy atom. The van der Waals surface area contributed by atoms with Crippen LogP contribution in [0, 0.1) is 5.92 Å². The van der Waals surface area contributed by atoms with Crippen LogP contribution >= 0.6 is 0 Å². The van der Waals surface area contributed by atoms with Gasteiger partial charge < -0.3 is 10.1 Å². The molecule has 0 spiro atoms. The molecule has 2 rings (SSSR count). The summed E-state index contributed by atoms with van der Waals surface area (Å²) in [4.78, 5) is 10.3. The molecule has 3 nitrogen and oxygen atoms in total. The number of hydrogen-bond acceptors (Lipinski definition) is 2. The number of benzene rings is 1. The fourth-order valence-corrected chi connectivity index (χ4v) is 1.99. The molecule has 0 bridgehead atoms.